The van der Waals surface area contributed by atoms with Crippen molar-refractivity contribution >= 4 is 11.9 Å². The van der Waals surface area contributed by atoms with Gasteiger partial charge in [-0.05, 0) is 79.7 Å². The molecule has 0 aromatic heterocycles. The molecule has 0 saturated heterocycles. The minimum atomic E-state index is -4.11. The summed E-state index contributed by atoms with van der Waals surface area (Å²) in [6, 6.07) is 14.4. The van der Waals surface area contributed by atoms with Gasteiger partial charge in [-0.1, -0.05) is 61.9 Å². The lowest BCUT2D eigenvalue weighted by molar-refractivity contribution is -0.149. The average Bonchev–Trinajstić information content (AvgIpc) is 2.98. The predicted molar refractivity (Wildman–Crippen MR) is 156 cm³/mol. The van der Waals surface area contributed by atoms with Gasteiger partial charge >= 0.3 is 18.1 Å². The van der Waals surface area contributed by atoms with Crippen molar-refractivity contribution < 1.29 is 42.4 Å². The SMILES string of the molecule is C=C(CO)C(=O)OCCCc1ccc(-c2ccc(CCCOC(=O)C(C)CO)cc2CCCCCCC(F)(F)F)cc1. The maximum Gasteiger partial charge on any atom is 0.389 e. The van der Waals surface area contributed by atoms with E-state index in [2.05, 4.69) is 18.7 Å². The highest BCUT2D eigenvalue weighted by Crippen LogP contribution is 2.28. The molecule has 42 heavy (non-hydrogen) atoms. The molecular weight excluding hydrogens is 549 g/mol. The number of hydrogen-bond donors (Lipinski definition) is 2. The first-order chi connectivity index (χ1) is 20.0. The van der Waals surface area contributed by atoms with Crippen LogP contribution in [0.4, 0.5) is 13.2 Å². The van der Waals surface area contributed by atoms with Crippen LogP contribution >= 0.6 is 0 Å². The summed E-state index contributed by atoms with van der Waals surface area (Å²) < 4.78 is 47.7. The van der Waals surface area contributed by atoms with E-state index in [1.807, 2.05) is 30.3 Å². The van der Waals surface area contributed by atoms with E-state index < -0.39 is 37.1 Å². The first kappa shape index (κ1) is 35.0. The number of rotatable bonds is 19. The van der Waals surface area contributed by atoms with Gasteiger partial charge in [-0.2, -0.15) is 13.2 Å². The zero-order valence-electron chi connectivity index (χ0n) is 24.4. The third kappa shape index (κ3) is 13.2. The molecule has 0 aliphatic carbocycles. The van der Waals surface area contributed by atoms with Crippen molar-refractivity contribution in [2.45, 2.75) is 77.3 Å². The standard InChI is InChI=1S/C33H43F3O6/c1-24(22-37)31(39)41-19-7-9-26-12-15-28(16-13-26)30-17-14-27(10-8-20-42-32(40)25(2)23-38)21-29(30)11-5-3-4-6-18-33(34,35)36/h12-17,21,25,37-38H,1,3-11,18-20,22-23H2,2H3. The summed E-state index contributed by atoms with van der Waals surface area (Å²) >= 11 is 0. The van der Waals surface area contributed by atoms with Crippen LogP contribution in [0.2, 0.25) is 0 Å². The Morgan fingerprint density at radius 2 is 1.45 bits per heavy atom. The van der Waals surface area contributed by atoms with Crippen molar-refractivity contribution in [3.05, 3.63) is 71.3 Å². The van der Waals surface area contributed by atoms with Gasteiger partial charge in [-0.3, -0.25) is 4.79 Å². The largest absolute Gasteiger partial charge is 0.465 e. The van der Waals surface area contributed by atoms with Crippen LogP contribution < -0.4 is 0 Å². The van der Waals surface area contributed by atoms with Gasteiger partial charge < -0.3 is 19.7 Å². The summed E-state index contributed by atoms with van der Waals surface area (Å²) in [5, 5.41) is 18.0. The minimum absolute atomic E-state index is 0.0265. The number of carbonyl (C=O) groups is 2. The molecule has 0 aliphatic heterocycles. The predicted octanol–water partition coefficient (Wildman–Crippen LogP) is 6.54. The number of carbonyl (C=O) groups excluding carboxylic acids is 2. The molecule has 0 spiro atoms. The van der Waals surface area contributed by atoms with Gasteiger partial charge in [0.2, 0.25) is 0 Å². The topological polar surface area (TPSA) is 93.1 Å². The summed E-state index contributed by atoms with van der Waals surface area (Å²) in [5.74, 6) is -1.56. The smallest absolute Gasteiger partial charge is 0.389 e. The summed E-state index contributed by atoms with van der Waals surface area (Å²) in [4.78, 5) is 23.4. The van der Waals surface area contributed by atoms with E-state index in [-0.39, 0.29) is 31.8 Å². The molecule has 0 amide bonds. The first-order valence-corrected chi connectivity index (χ1v) is 14.5. The number of unbranched alkanes of at least 4 members (excludes halogenated alkanes) is 3. The van der Waals surface area contributed by atoms with E-state index >= 15 is 0 Å². The van der Waals surface area contributed by atoms with Crippen molar-refractivity contribution in [3.8, 4) is 11.1 Å². The molecular formula is C33H43F3O6. The van der Waals surface area contributed by atoms with E-state index in [1.54, 1.807) is 6.92 Å². The van der Waals surface area contributed by atoms with Crippen LogP contribution in [0.15, 0.2) is 54.6 Å². The van der Waals surface area contributed by atoms with E-state index in [0.29, 0.717) is 38.5 Å². The van der Waals surface area contributed by atoms with Gasteiger partial charge in [0.05, 0.1) is 37.9 Å². The number of benzene rings is 2. The Morgan fingerprint density at radius 3 is 2.10 bits per heavy atom. The summed E-state index contributed by atoms with van der Waals surface area (Å²) in [6.07, 6.45) is 0.734. The molecule has 2 aromatic carbocycles. The summed E-state index contributed by atoms with van der Waals surface area (Å²) in [6.45, 7) is 4.86. The van der Waals surface area contributed by atoms with E-state index in [1.165, 1.54) is 0 Å². The third-order valence-electron chi connectivity index (χ3n) is 6.94. The molecule has 0 bridgehead atoms. The molecule has 9 heteroatoms. The zero-order chi connectivity index (χ0) is 31.0. The molecule has 1 atom stereocenters. The molecule has 0 fully saturated rings. The number of hydrogen-bond acceptors (Lipinski definition) is 6. The fourth-order valence-corrected chi connectivity index (χ4v) is 4.41. The van der Waals surface area contributed by atoms with E-state index in [9.17, 15) is 22.8 Å². The Labute approximate surface area is 246 Å². The Hall–Kier alpha value is -3.17. The molecule has 0 saturated carbocycles. The highest BCUT2D eigenvalue weighted by Gasteiger charge is 2.25. The monoisotopic (exact) mass is 592 g/mol. The number of aliphatic hydroxyl groups excluding tert-OH is 2. The number of alkyl halides is 3. The lowest BCUT2D eigenvalue weighted by Gasteiger charge is -2.14. The second-order valence-corrected chi connectivity index (χ2v) is 10.6. The third-order valence-corrected chi connectivity index (χ3v) is 6.94. The van der Waals surface area contributed by atoms with E-state index in [4.69, 9.17) is 19.7 Å². The molecule has 6 nitrogen and oxygen atoms in total. The van der Waals surface area contributed by atoms with Gasteiger partial charge in [0.15, 0.2) is 0 Å². The lowest BCUT2D eigenvalue weighted by atomic mass is 9.92. The van der Waals surface area contributed by atoms with Crippen molar-refractivity contribution in [3.63, 3.8) is 0 Å². The molecule has 2 N–H and O–H groups in total. The number of esters is 2. The van der Waals surface area contributed by atoms with Crippen LogP contribution in [0, 0.1) is 5.92 Å². The Kier molecular flexibility index (Phi) is 15.3. The fourth-order valence-electron chi connectivity index (χ4n) is 4.41. The Morgan fingerprint density at radius 1 is 0.833 bits per heavy atom. The maximum atomic E-state index is 12.5. The summed E-state index contributed by atoms with van der Waals surface area (Å²) in [7, 11) is 0. The highest BCUT2D eigenvalue weighted by atomic mass is 19.4. The van der Waals surface area contributed by atoms with Crippen LogP contribution in [-0.4, -0.2) is 54.8 Å². The second-order valence-electron chi connectivity index (χ2n) is 10.6. The fraction of sp³-hybridized carbons (Fsp3) is 0.515. The molecule has 0 heterocycles. The van der Waals surface area contributed by atoms with Crippen molar-refractivity contribution in [1.29, 1.82) is 0 Å². The zero-order valence-corrected chi connectivity index (χ0v) is 24.4. The van der Waals surface area contributed by atoms with Crippen LogP contribution in [-0.2, 0) is 38.3 Å². The summed E-state index contributed by atoms with van der Waals surface area (Å²) in [5.41, 5.74) is 5.43. The maximum absolute atomic E-state index is 12.5. The molecule has 0 aliphatic rings. The Bertz CT molecular complexity index is 1130. The van der Waals surface area contributed by atoms with Gasteiger partial charge in [-0.25, -0.2) is 4.79 Å². The molecule has 0 radical (unpaired) electrons. The molecule has 1 unspecified atom stereocenters. The lowest BCUT2D eigenvalue weighted by Crippen LogP contribution is -2.18. The molecule has 232 valence electrons. The van der Waals surface area contributed by atoms with Gasteiger partial charge in [0.1, 0.15) is 0 Å². The molecule has 2 aromatic rings. The number of aryl methyl sites for hydroxylation is 3. The van der Waals surface area contributed by atoms with Crippen molar-refractivity contribution in [2.75, 3.05) is 26.4 Å². The van der Waals surface area contributed by atoms with Crippen LogP contribution in [0.25, 0.3) is 11.1 Å². The van der Waals surface area contributed by atoms with Crippen LogP contribution in [0.1, 0.15) is 68.6 Å². The van der Waals surface area contributed by atoms with Crippen molar-refractivity contribution in [2.24, 2.45) is 5.92 Å². The average molecular weight is 593 g/mol. The molecule has 2 rings (SSSR count). The Balaban J connectivity index is 2.01. The van der Waals surface area contributed by atoms with Gasteiger partial charge in [0, 0.05) is 6.42 Å². The van der Waals surface area contributed by atoms with Crippen LogP contribution in [0.3, 0.4) is 0 Å². The quantitative estimate of drug-likeness (QED) is 0.109. The second kappa shape index (κ2) is 18.4. The first-order valence-electron chi connectivity index (χ1n) is 14.5. The normalized spacial score (nSPS) is 12.1. The van der Waals surface area contributed by atoms with Crippen LogP contribution in [0.5, 0.6) is 0 Å². The number of ether oxygens (including phenoxy) is 2. The van der Waals surface area contributed by atoms with Gasteiger partial charge in [-0.15, -0.1) is 0 Å². The van der Waals surface area contributed by atoms with Gasteiger partial charge in [0.25, 0.3) is 0 Å². The van der Waals surface area contributed by atoms with Crippen molar-refractivity contribution in [1.82, 2.24) is 0 Å². The number of aliphatic hydroxyl groups is 2. The minimum Gasteiger partial charge on any atom is -0.465 e. The van der Waals surface area contributed by atoms with E-state index in [0.717, 1.165) is 40.7 Å². The highest BCUT2D eigenvalue weighted by molar-refractivity contribution is 5.87. The number of halogens is 3.